The molecule has 0 aromatic heterocycles. The Morgan fingerprint density at radius 2 is 2.00 bits per heavy atom. The Balaban J connectivity index is 2.05. The molecule has 0 saturated carbocycles. The Morgan fingerprint density at radius 3 is 2.48 bits per heavy atom. The maximum Gasteiger partial charge on any atom is 0.321 e. The van der Waals surface area contributed by atoms with E-state index in [-0.39, 0.29) is 18.8 Å². The van der Waals surface area contributed by atoms with E-state index in [2.05, 4.69) is 10.1 Å². The predicted molar refractivity (Wildman–Crippen MR) is 69.2 cm³/mol. The SMILES string of the molecule is COc1c(F)cc(NC(=O)N2CCC(C(=O)O)C2)cc1F. The highest BCUT2D eigenvalue weighted by atomic mass is 19.1. The smallest absolute Gasteiger partial charge is 0.321 e. The lowest BCUT2D eigenvalue weighted by atomic mass is 10.1. The Hall–Kier alpha value is -2.38. The van der Waals surface area contributed by atoms with Crippen LogP contribution < -0.4 is 10.1 Å². The van der Waals surface area contributed by atoms with E-state index in [0.717, 1.165) is 19.2 Å². The number of aliphatic carboxylic acids is 1. The van der Waals surface area contributed by atoms with Crippen LogP contribution in [0.2, 0.25) is 0 Å². The number of halogens is 2. The molecule has 21 heavy (non-hydrogen) atoms. The summed E-state index contributed by atoms with van der Waals surface area (Å²) in [7, 11) is 1.13. The molecule has 1 saturated heterocycles. The number of ether oxygens (including phenoxy) is 1. The van der Waals surface area contributed by atoms with Crippen LogP contribution in [0.1, 0.15) is 6.42 Å². The van der Waals surface area contributed by atoms with E-state index < -0.39 is 35.3 Å². The molecule has 6 nitrogen and oxygen atoms in total. The summed E-state index contributed by atoms with van der Waals surface area (Å²) in [4.78, 5) is 24.0. The van der Waals surface area contributed by atoms with Gasteiger partial charge in [-0.2, -0.15) is 0 Å². The van der Waals surface area contributed by atoms with Crippen molar-refractivity contribution in [2.45, 2.75) is 6.42 Å². The standard InChI is InChI=1S/C13H14F2N2O4/c1-21-11-9(14)4-8(5-10(11)15)16-13(20)17-3-2-7(6-17)12(18)19/h4-5,7H,2-3,6H2,1H3,(H,16,20)(H,18,19). The van der Waals surface area contributed by atoms with Crippen LogP contribution >= 0.6 is 0 Å². The quantitative estimate of drug-likeness (QED) is 0.893. The molecule has 1 atom stereocenters. The van der Waals surface area contributed by atoms with Gasteiger partial charge in [0.1, 0.15) is 0 Å². The second-order valence-electron chi connectivity index (χ2n) is 4.67. The van der Waals surface area contributed by atoms with Gasteiger partial charge < -0.3 is 20.1 Å². The Labute approximate surface area is 119 Å². The first-order valence-electron chi connectivity index (χ1n) is 6.24. The number of anilines is 1. The van der Waals surface area contributed by atoms with Crippen LogP contribution in [0, 0.1) is 17.6 Å². The molecule has 0 spiro atoms. The molecule has 0 bridgehead atoms. The lowest BCUT2D eigenvalue weighted by Gasteiger charge is -2.17. The lowest BCUT2D eigenvalue weighted by molar-refractivity contribution is -0.141. The molecule has 0 aliphatic carbocycles. The average Bonchev–Trinajstić information content (AvgIpc) is 2.88. The summed E-state index contributed by atoms with van der Waals surface area (Å²) >= 11 is 0. The van der Waals surface area contributed by atoms with Crippen LogP contribution in [-0.2, 0) is 4.79 Å². The fraction of sp³-hybridized carbons (Fsp3) is 0.385. The highest BCUT2D eigenvalue weighted by Crippen LogP contribution is 2.26. The van der Waals surface area contributed by atoms with E-state index in [1.54, 1.807) is 0 Å². The second-order valence-corrected chi connectivity index (χ2v) is 4.67. The van der Waals surface area contributed by atoms with Gasteiger partial charge in [-0.1, -0.05) is 0 Å². The molecule has 1 heterocycles. The maximum absolute atomic E-state index is 13.5. The maximum atomic E-state index is 13.5. The molecule has 1 aliphatic heterocycles. The summed E-state index contributed by atoms with van der Waals surface area (Å²) in [5.41, 5.74) is -0.0606. The van der Waals surface area contributed by atoms with Crippen LogP contribution in [0.5, 0.6) is 5.75 Å². The number of nitrogens with zero attached hydrogens (tertiary/aromatic N) is 1. The third-order valence-corrected chi connectivity index (χ3v) is 3.28. The van der Waals surface area contributed by atoms with Gasteiger partial charge in [-0.15, -0.1) is 0 Å². The van der Waals surface area contributed by atoms with Crippen molar-refractivity contribution in [3.8, 4) is 5.75 Å². The molecule has 0 radical (unpaired) electrons. The van der Waals surface area contributed by atoms with Crippen molar-refractivity contribution < 1.29 is 28.2 Å². The number of hydrogen-bond acceptors (Lipinski definition) is 3. The van der Waals surface area contributed by atoms with Crippen molar-refractivity contribution in [3.05, 3.63) is 23.8 Å². The molecule has 2 amide bonds. The van der Waals surface area contributed by atoms with Crippen LogP contribution in [0.25, 0.3) is 0 Å². The number of amides is 2. The zero-order valence-corrected chi connectivity index (χ0v) is 11.2. The zero-order chi connectivity index (χ0) is 15.6. The minimum absolute atomic E-state index is 0.0606. The number of benzene rings is 1. The lowest BCUT2D eigenvalue weighted by Crippen LogP contribution is -2.33. The highest BCUT2D eigenvalue weighted by Gasteiger charge is 2.31. The van der Waals surface area contributed by atoms with Gasteiger partial charge in [-0.05, 0) is 6.42 Å². The van der Waals surface area contributed by atoms with Gasteiger partial charge in [0.05, 0.1) is 13.0 Å². The van der Waals surface area contributed by atoms with E-state index in [4.69, 9.17) is 5.11 Å². The number of carboxylic acid groups (broad SMARTS) is 1. The van der Waals surface area contributed by atoms with Gasteiger partial charge >= 0.3 is 12.0 Å². The van der Waals surface area contributed by atoms with Crippen molar-refractivity contribution in [1.82, 2.24) is 4.90 Å². The molecule has 114 valence electrons. The third-order valence-electron chi connectivity index (χ3n) is 3.28. The number of likely N-dealkylation sites (tertiary alicyclic amines) is 1. The van der Waals surface area contributed by atoms with E-state index in [1.165, 1.54) is 4.90 Å². The average molecular weight is 300 g/mol. The van der Waals surface area contributed by atoms with Gasteiger partial charge in [-0.3, -0.25) is 4.79 Å². The van der Waals surface area contributed by atoms with E-state index in [9.17, 15) is 18.4 Å². The molecule has 1 aromatic rings. The van der Waals surface area contributed by atoms with Crippen LogP contribution in [0.3, 0.4) is 0 Å². The number of hydrogen-bond donors (Lipinski definition) is 2. The van der Waals surface area contributed by atoms with Crippen LogP contribution in [0.4, 0.5) is 19.3 Å². The largest absolute Gasteiger partial charge is 0.491 e. The number of carbonyl (C=O) groups excluding carboxylic acids is 1. The summed E-state index contributed by atoms with van der Waals surface area (Å²) in [5, 5.41) is 11.2. The van der Waals surface area contributed by atoms with Crippen molar-refractivity contribution in [3.63, 3.8) is 0 Å². The first kappa shape index (κ1) is 15.0. The monoisotopic (exact) mass is 300 g/mol. The number of urea groups is 1. The molecule has 1 aromatic carbocycles. The first-order valence-corrected chi connectivity index (χ1v) is 6.24. The summed E-state index contributed by atoms with van der Waals surface area (Å²) in [6.07, 6.45) is 0.355. The summed E-state index contributed by atoms with van der Waals surface area (Å²) in [6.45, 7) is 0.353. The number of carboxylic acids is 1. The zero-order valence-electron chi connectivity index (χ0n) is 11.2. The van der Waals surface area contributed by atoms with Crippen molar-refractivity contribution in [2.24, 2.45) is 5.92 Å². The second kappa shape index (κ2) is 5.94. The minimum Gasteiger partial charge on any atom is -0.491 e. The van der Waals surface area contributed by atoms with Crippen LogP contribution in [0.15, 0.2) is 12.1 Å². The van der Waals surface area contributed by atoms with Gasteiger partial charge in [-0.25, -0.2) is 13.6 Å². The molecular formula is C13H14F2N2O4. The molecule has 1 unspecified atom stereocenters. The Kier molecular flexibility index (Phi) is 4.25. The summed E-state index contributed by atoms with van der Waals surface area (Å²) < 4.78 is 31.5. The van der Waals surface area contributed by atoms with Crippen LogP contribution in [-0.4, -0.2) is 42.2 Å². The van der Waals surface area contributed by atoms with Gasteiger partial charge in [0.25, 0.3) is 0 Å². The molecule has 1 fully saturated rings. The molecule has 2 rings (SSSR count). The molecule has 8 heteroatoms. The fourth-order valence-corrected chi connectivity index (χ4v) is 2.18. The van der Waals surface area contributed by atoms with Gasteiger partial charge in [0.15, 0.2) is 17.4 Å². The molecular weight excluding hydrogens is 286 g/mol. The van der Waals surface area contributed by atoms with Gasteiger partial charge in [0.2, 0.25) is 0 Å². The fourth-order valence-electron chi connectivity index (χ4n) is 2.18. The Morgan fingerprint density at radius 1 is 1.38 bits per heavy atom. The van der Waals surface area contributed by atoms with E-state index in [0.29, 0.717) is 6.42 Å². The topological polar surface area (TPSA) is 78.9 Å². The molecule has 1 aliphatic rings. The predicted octanol–water partition coefficient (Wildman–Crippen LogP) is 1.91. The normalized spacial score (nSPS) is 17.7. The third kappa shape index (κ3) is 3.21. The van der Waals surface area contributed by atoms with Crippen molar-refractivity contribution in [2.75, 3.05) is 25.5 Å². The highest BCUT2D eigenvalue weighted by molar-refractivity contribution is 5.90. The van der Waals surface area contributed by atoms with E-state index in [1.807, 2.05) is 0 Å². The summed E-state index contributed by atoms with van der Waals surface area (Å²) in [5.74, 6) is -3.97. The summed E-state index contributed by atoms with van der Waals surface area (Å²) in [6, 6.07) is 1.28. The molecule has 2 N–H and O–H groups in total. The van der Waals surface area contributed by atoms with E-state index >= 15 is 0 Å². The number of nitrogens with one attached hydrogen (secondary N) is 1. The number of methoxy groups -OCH3 is 1. The number of carbonyl (C=O) groups is 2. The minimum atomic E-state index is -0.966. The Bertz CT molecular complexity index is 556. The first-order chi connectivity index (χ1) is 9.92. The van der Waals surface area contributed by atoms with Crippen molar-refractivity contribution >= 4 is 17.7 Å². The van der Waals surface area contributed by atoms with Gasteiger partial charge in [0, 0.05) is 30.9 Å². The number of rotatable bonds is 3. The van der Waals surface area contributed by atoms with Crippen molar-refractivity contribution in [1.29, 1.82) is 0 Å².